The maximum atomic E-state index is 13.9. The van der Waals surface area contributed by atoms with Gasteiger partial charge in [0.2, 0.25) is 0 Å². The lowest BCUT2D eigenvalue weighted by Crippen LogP contribution is -2.41. The maximum absolute atomic E-state index is 13.9. The van der Waals surface area contributed by atoms with Gasteiger partial charge in [-0.05, 0) is 46.1 Å². The first-order valence-electron chi connectivity index (χ1n) is 6.54. The lowest BCUT2D eigenvalue weighted by atomic mass is 9.78. The Balaban J connectivity index is 2.28. The minimum atomic E-state index is -0.540. The summed E-state index contributed by atoms with van der Waals surface area (Å²) in [6, 6.07) is 4.62. The van der Waals surface area contributed by atoms with E-state index in [4.69, 9.17) is 15.0 Å². The quantitative estimate of drug-likeness (QED) is 0.833. The van der Waals surface area contributed by atoms with Crippen molar-refractivity contribution in [3.05, 3.63) is 29.6 Å². The van der Waals surface area contributed by atoms with Gasteiger partial charge in [-0.3, -0.25) is 0 Å². The Morgan fingerprint density at radius 1 is 1.16 bits per heavy atom. The van der Waals surface area contributed by atoms with Crippen LogP contribution < -0.4 is 11.2 Å². The average Bonchev–Trinajstić information content (AvgIpc) is 2.47. The van der Waals surface area contributed by atoms with Gasteiger partial charge >= 0.3 is 7.12 Å². The third-order valence-corrected chi connectivity index (χ3v) is 4.04. The summed E-state index contributed by atoms with van der Waals surface area (Å²) in [5.41, 5.74) is 6.04. The van der Waals surface area contributed by atoms with Crippen molar-refractivity contribution in [3.8, 4) is 0 Å². The molecular weight excluding hydrogens is 244 g/mol. The van der Waals surface area contributed by atoms with E-state index in [-0.39, 0.29) is 11.9 Å². The van der Waals surface area contributed by atoms with Gasteiger partial charge in [0, 0.05) is 11.6 Å². The van der Waals surface area contributed by atoms with E-state index in [1.54, 1.807) is 13.0 Å². The van der Waals surface area contributed by atoms with Crippen molar-refractivity contribution in [1.29, 1.82) is 0 Å². The molecule has 1 fully saturated rings. The van der Waals surface area contributed by atoms with Crippen molar-refractivity contribution in [2.45, 2.75) is 51.9 Å². The molecule has 0 spiro atoms. The highest BCUT2D eigenvalue weighted by Gasteiger charge is 2.51. The van der Waals surface area contributed by atoms with Crippen LogP contribution in [0.2, 0.25) is 0 Å². The molecule has 1 saturated heterocycles. The van der Waals surface area contributed by atoms with E-state index in [0.29, 0.717) is 11.0 Å². The Bertz CT molecular complexity index is 472. The van der Waals surface area contributed by atoms with Crippen molar-refractivity contribution in [1.82, 2.24) is 0 Å². The number of halogens is 1. The SMILES string of the molecule is C[C@H](N)c1ccc(B2OC(C)(C)C(C)(C)O2)cc1F. The van der Waals surface area contributed by atoms with Gasteiger partial charge in [0.1, 0.15) is 5.82 Å². The third-order valence-electron chi connectivity index (χ3n) is 4.04. The molecule has 1 atom stereocenters. The molecule has 1 aromatic rings. The van der Waals surface area contributed by atoms with Gasteiger partial charge < -0.3 is 15.0 Å². The zero-order valence-electron chi connectivity index (χ0n) is 12.2. The van der Waals surface area contributed by atoms with Gasteiger partial charge in [-0.1, -0.05) is 12.1 Å². The highest BCUT2D eigenvalue weighted by Crippen LogP contribution is 2.36. The minimum Gasteiger partial charge on any atom is -0.399 e. The molecule has 1 aromatic carbocycles. The standard InChI is InChI=1S/C14H21BFNO2/c1-9(17)11-7-6-10(8-12(11)16)15-18-13(2,3)14(4,5)19-15/h6-9H,17H2,1-5H3/t9-/m0/s1. The Morgan fingerprint density at radius 2 is 1.68 bits per heavy atom. The van der Waals surface area contributed by atoms with Crippen LogP contribution >= 0.6 is 0 Å². The van der Waals surface area contributed by atoms with Crippen LogP contribution in [0.4, 0.5) is 4.39 Å². The molecule has 104 valence electrons. The first kappa shape index (κ1) is 14.5. The fourth-order valence-electron chi connectivity index (χ4n) is 2.04. The zero-order chi connectivity index (χ0) is 14.4. The summed E-state index contributed by atoms with van der Waals surface area (Å²) in [6.45, 7) is 9.64. The van der Waals surface area contributed by atoms with Crippen molar-refractivity contribution in [2.24, 2.45) is 5.73 Å². The monoisotopic (exact) mass is 265 g/mol. The predicted octanol–water partition coefficient (Wildman–Crippen LogP) is 2.14. The van der Waals surface area contributed by atoms with Gasteiger partial charge in [0.05, 0.1) is 11.2 Å². The van der Waals surface area contributed by atoms with Crippen LogP contribution in [0, 0.1) is 5.82 Å². The predicted molar refractivity (Wildman–Crippen MR) is 74.7 cm³/mol. The molecule has 19 heavy (non-hydrogen) atoms. The molecule has 1 aliphatic rings. The molecule has 0 aromatic heterocycles. The molecule has 0 aliphatic carbocycles. The number of benzene rings is 1. The maximum Gasteiger partial charge on any atom is 0.494 e. The molecule has 1 aliphatic heterocycles. The van der Waals surface area contributed by atoms with E-state index in [2.05, 4.69) is 0 Å². The molecule has 2 N–H and O–H groups in total. The molecule has 2 rings (SSSR count). The van der Waals surface area contributed by atoms with Crippen molar-refractivity contribution >= 4 is 12.6 Å². The van der Waals surface area contributed by atoms with Gasteiger partial charge in [-0.2, -0.15) is 0 Å². The fourth-order valence-corrected chi connectivity index (χ4v) is 2.04. The van der Waals surface area contributed by atoms with Gasteiger partial charge in [0.25, 0.3) is 0 Å². The van der Waals surface area contributed by atoms with Crippen LogP contribution in [0.25, 0.3) is 0 Å². The summed E-state index contributed by atoms with van der Waals surface area (Å²) in [4.78, 5) is 0. The average molecular weight is 265 g/mol. The first-order chi connectivity index (χ1) is 8.64. The molecule has 0 amide bonds. The van der Waals surface area contributed by atoms with Crippen LogP contribution in [0.1, 0.15) is 46.2 Å². The molecule has 3 nitrogen and oxygen atoms in total. The van der Waals surface area contributed by atoms with Gasteiger partial charge in [-0.15, -0.1) is 0 Å². The molecule has 0 bridgehead atoms. The van der Waals surface area contributed by atoms with Crippen LogP contribution in [0.15, 0.2) is 18.2 Å². The second-order valence-electron chi connectivity index (χ2n) is 6.16. The normalized spacial score (nSPS) is 22.6. The van der Waals surface area contributed by atoms with E-state index < -0.39 is 18.3 Å². The molecule has 5 heteroatoms. The van der Waals surface area contributed by atoms with Gasteiger partial charge in [0.15, 0.2) is 0 Å². The summed E-state index contributed by atoms with van der Waals surface area (Å²) in [5, 5.41) is 0. The van der Waals surface area contributed by atoms with E-state index in [0.717, 1.165) is 0 Å². The number of rotatable bonds is 2. The Hall–Kier alpha value is -0.905. The lowest BCUT2D eigenvalue weighted by Gasteiger charge is -2.32. The minimum absolute atomic E-state index is 0.317. The van der Waals surface area contributed by atoms with Crippen molar-refractivity contribution in [2.75, 3.05) is 0 Å². The van der Waals surface area contributed by atoms with Crippen LogP contribution in [-0.4, -0.2) is 18.3 Å². The molecular formula is C14H21BFNO2. The van der Waals surface area contributed by atoms with E-state index in [9.17, 15) is 4.39 Å². The third kappa shape index (κ3) is 2.55. The van der Waals surface area contributed by atoms with E-state index in [1.165, 1.54) is 6.07 Å². The number of hydrogen-bond donors (Lipinski definition) is 1. The molecule has 1 heterocycles. The summed E-state index contributed by atoms with van der Waals surface area (Å²) in [6.07, 6.45) is 0. The lowest BCUT2D eigenvalue weighted by molar-refractivity contribution is 0.00578. The highest BCUT2D eigenvalue weighted by atomic mass is 19.1. The second-order valence-corrected chi connectivity index (χ2v) is 6.16. The Labute approximate surface area is 114 Å². The fraction of sp³-hybridized carbons (Fsp3) is 0.571. The van der Waals surface area contributed by atoms with E-state index >= 15 is 0 Å². The Morgan fingerprint density at radius 3 is 2.11 bits per heavy atom. The largest absolute Gasteiger partial charge is 0.494 e. The Kier molecular flexibility index (Phi) is 3.50. The van der Waals surface area contributed by atoms with Crippen LogP contribution in [-0.2, 0) is 9.31 Å². The summed E-state index contributed by atoms with van der Waals surface area (Å²) >= 11 is 0. The van der Waals surface area contributed by atoms with E-state index in [1.807, 2.05) is 33.8 Å². The first-order valence-corrected chi connectivity index (χ1v) is 6.54. The molecule has 0 saturated carbocycles. The molecule has 0 radical (unpaired) electrons. The topological polar surface area (TPSA) is 44.5 Å². The number of hydrogen-bond acceptors (Lipinski definition) is 3. The highest BCUT2D eigenvalue weighted by molar-refractivity contribution is 6.62. The van der Waals surface area contributed by atoms with Crippen LogP contribution in [0.3, 0.4) is 0 Å². The zero-order valence-corrected chi connectivity index (χ0v) is 12.2. The van der Waals surface area contributed by atoms with Gasteiger partial charge in [-0.25, -0.2) is 4.39 Å². The van der Waals surface area contributed by atoms with Crippen molar-refractivity contribution < 1.29 is 13.7 Å². The van der Waals surface area contributed by atoms with Crippen molar-refractivity contribution in [3.63, 3.8) is 0 Å². The molecule has 0 unspecified atom stereocenters. The summed E-state index contributed by atoms with van der Waals surface area (Å²) < 4.78 is 25.7. The van der Waals surface area contributed by atoms with Crippen LogP contribution in [0.5, 0.6) is 0 Å². The second kappa shape index (κ2) is 4.58. The number of nitrogens with two attached hydrogens (primary N) is 1. The summed E-state index contributed by atoms with van der Waals surface area (Å²) in [5.74, 6) is -0.317. The summed E-state index contributed by atoms with van der Waals surface area (Å²) in [7, 11) is -0.540. The smallest absolute Gasteiger partial charge is 0.399 e.